The Labute approximate surface area is 207 Å². The minimum atomic E-state index is 0. The molecule has 3 rings (SSSR count). The van der Waals surface area contributed by atoms with Crippen molar-refractivity contribution in [1.29, 1.82) is 0 Å². The Bertz CT molecular complexity index is 792. The molecule has 1 saturated heterocycles. The van der Waals surface area contributed by atoms with E-state index in [4.69, 9.17) is 9.47 Å². The largest absolute Gasteiger partial charge is 0.497 e. The van der Waals surface area contributed by atoms with E-state index in [-0.39, 0.29) is 24.0 Å². The lowest BCUT2D eigenvalue weighted by Gasteiger charge is -2.34. The highest BCUT2D eigenvalue weighted by molar-refractivity contribution is 14.0. The first-order valence-corrected chi connectivity index (χ1v) is 11.3. The van der Waals surface area contributed by atoms with Gasteiger partial charge in [0.25, 0.3) is 0 Å². The van der Waals surface area contributed by atoms with E-state index in [1.807, 2.05) is 30.9 Å². The summed E-state index contributed by atoms with van der Waals surface area (Å²) in [4.78, 5) is 8.07. The maximum atomic E-state index is 5.41. The molecule has 0 bridgehead atoms. The molecule has 170 valence electrons. The number of nitrogens with one attached hydrogen (secondary N) is 2. The summed E-state index contributed by atoms with van der Waals surface area (Å²) in [5.41, 5.74) is 1.14. The number of piperidine rings is 1. The molecule has 1 heterocycles. The smallest absolute Gasteiger partial charge is 0.191 e. The second-order valence-corrected chi connectivity index (χ2v) is 8.31. The number of aliphatic imine (C=N–C) groups is 1. The summed E-state index contributed by atoms with van der Waals surface area (Å²) in [6, 6.07) is 16.9. The van der Waals surface area contributed by atoms with Crippen LogP contribution in [0.3, 0.4) is 0 Å². The van der Waals surface area contributed by atoms with Gasteiger partial charge in [-0.2, -0.15) is 0 Å². The van der Waals surface area contributed by atoms with Crippen molar-refractivity contribution in [2.75, 3.05) is 51.6 Å². The van der Waals surface area contributed by atoms with Gasteiger partial charge in [-0.05, 0) is 25.0 Å². The lowest BCUT2D eigenvalue weighted by atomic mass is 10.0. The second kappa shape index (κ2) is 13.6. The van der Waals surface area contributed by atoms with E-state index in [1.54, 1.807) is 14.2 Å². The van der Waals surface area contributed by atoms with Gasteiger partial charge in [0, 0.05) is 67.3 Å². The van der Waals surface area contributed by atoms with Gasteiger partial charge in [0.2, 0.25) is 0 Å². The average molecular weight is 557 g/mol. The van der Waals surface area contributed by atoms with E-state index >= 15 is 0 Å². The molecule has 1 fully saturated rings. The van der Waals surface area contributed by atoms with Crippen molar-refractivity contribution >= 4 is 47.4 Å². The van der Waals surface area contributed by atoms with Gasteiger partial charge in [0.05, 0.1) is 14.2 Å². The number of benzene rings is 2. The molecule has 0 aliphatic carbocycles. The van der Waals surface area contributed by atoms with Crippen molar-refractivity contribution in [3.8, 4) is 11.5 Å². The fourth-order valence-electron chi connectivity index (χ4n) is 3.50. The fraction of sp³-hybridized carbons (Fsp3) is 0.435. The Kier molecular flexibility index (Phi) is 11.1. The third-order valence-electron chi connectivity index (χ3n) is 5.17. The zero-order valence-corrected chi connectivity index (χ0v) is 21.6. The van der Waals surface area contributed by atoms with Gasteiger partial charge in [-0.15, -0.1) is 35.7 Å². The lowest BCUT2D eigenvalue weighted by molar-refractivity contribution is 0.393. The molecule has 0 saturated carbocycles. The van der Waals surface area contributed by atoms with Gasteiger partial charge in [-0.1, -0.05) is 18.2 Å². The monoisotopic (exact) mass is 556 g/mol. The average Bonchev–Trinajstić information content (AvgIpc) is 2.81. The Morgan fingerprint density at radius 3 is 2.29 bits per heavy atom. The van der Waals surface area contributed by atoms with Crippen molar-refractivity contribution in [1.82, 2.24) is 10.6 Å². The number of nitrogens with zero attached hydrogens (tertiary/aromatic N) is 2. The molecule has 0 atom stereocenters. The zero-order valence-electron chi connectivity index (χ0n) is 18.5. The number of methoxy groups -OCH3 is 2. The van der Waals surface area contributed by atoms with Crippen LogP contribution in [-0.4, -0.2) is 58.7 Å². The number of rotatable bonds is 8. The quantitative estimate of drug-likeness (QED) is 0.167. The lowest BCUT2D eigenvalue weighted by Crippen LogP contribution is -2.49. The molecule has 6 nitrogen and oxygen atoms in total. The summed E-state index contributed by atoms with van der Waals surface area (Å²) in [6.45, 7) is 2.84. The Balaban J connectivity index is 0.00000341. The van der Waals surface area contributed by atoms with Crippen LogP contribution in [0.25, 0.3) is 0 Å². The molecule has 0 amide bonds. The number of guanidine groups is 1. The topological polar surface area (TPSA) is 58.1 Å². The number of ether oxygens (including phenoxy) is 2. The molecule has 1 aliphatic heterocycles. The highest BCUT2D eigenvalue weighted by Gasteiger charge is 2.21. The van der Waals surface area contributed by atoms with Crippen LogP contribution in [0.4, 0.5) is 5.69 Å². The minimum absolute atomic E-state index is 0. The van der Waals surface area contributed by atoms with E-state index in [0.717, 1.165) is 61.4 Å². The molecule has 0 spiro atoms. The zero-order chi connectivity index (χ0) is 21.2. The summed E-state index contributed by atoms with van der Waals surface area (Å²) in [6.07, 6.45) is 2.11. The summed E-state index contributed by atoms with van der Waals surface area (Å²) < 4.78 is 10.8. The highest BCUT2D eigenvalue weighted by Crippen LogP contribution is 2.30. The number of anilines is 1. The van der Waals surface area contributed by atoms with Gasteiger partial charge in [0.1, 0.15) is 11.5 Å². The van der Waals surface area contributed by atoms with E-state index in [1.165, 1.54) is 4.90 Å². The van der Waals surface area contributed by atoms with Crippen LogP contribution >= 0.6 is 35.7 Å². The highest BCUT2D eigenvalue weighted by atomic mass is 127. The van der Waals surface area contributed by atoms with Crippen molar-refractivity contribution in [3.63, 3.8) is 0 Å². The fourth-order valence-corrected chi connectivity index (χ4v) is 4.29. The van der Waals surface area contributed by atoms with Crippen molar-refractivity contribution < 1.29 is 9.47 Å². The van der Waals surface area contributed by atoms with Crippen molar-refractivity contribution in [3.05, 3.63) is 48.5 Å². The standard InChI is InChI=1S/C23H32N4O2S.HI/c1-24-23(25-11-14-30-22-7-5-4-6-8-22)26-18-9-12-27(13-10-18)19-15-20(28-2)17-21(16-19)29-3;/h4-8,15-18H,9-14H2,1-3H3,(H2,24,25,26);1H. The molecule has 0 unspecified atom stereocenters. The van der Waals surface area contributed by atoms with Crippen LogP contribution < -0.4 is 25.0 Å². The molecular formula is C23H33IN4O2S. The number of halogens is 1. The van der Waals surface area contributed by atoms with Crippen LogP contribution in [0.2, 0.25) is 0 Å². The predicted octanol–water partition coefficient (Wildman–Crippen LogP) is 4.25. The second-order valence-electron chi connectivity index (χ2n) is 7.14. The SMILES string of the molecule is CN=C(NCCSc1ccccc1)NC1CCN(c2cc(OC)cc(OC)c2)CC1.I. The van der Waals surface area contributed by atoms with Crippen molar-refractivity contribution in [2.24, 2.45) is 4.99 Å². The third-order valence-corrected chi connectivity index (χ3v) is 6.18. The Morgan fingerprint density at radius 1 is 1.06 bits per heavy atom. The van der Waals surface area contributed by atoms with Crippen LogP contribution in [0.1, 0.15) is 12.8 Å². The predicted molar refractivity (Wildman–Crippen MR) is 142 cm³/mol. The van der Waals surface area contributed by atoms with E-state index < -0.39 is 0 Å². The van der Waals surface area contributed by atoms with Crippen LogP contribution in [-0.2, 0) is 0 Å². The maximum absolute atomic E-state index is 5.41. The van der Waals surface area contributed by atoms with Gasteiger partial charge >= 0.3 is 0 Å². The van der Waals surface area contributed by atoms with E-state index in [0.29, 0.717) is 6.04 Å². The van der Waals surface area contributed by atoms with Gasteiger partial charge in [-0.25, -0.2) is 0 Å². The molecule has 0 radical (unpaired) electrons. The molecule has 31 heavy (non-hydrogen) atoms. The molecule has 1 aliphatic rings. The minimum Gasteiger partial charge on any atom is -0.497 e. The molecule has 0 aromatic heterocycles. The third kappa shape index (κ3) is 7.99. The van der Waals surface area contributed by atoms with Crippen LogP contribution in [0.15, 0.2) is 58.4 Å². The van der Waals surface area contributed by atoms with Gasteiger partial charge in [0.15, 0.2) is 5.96 Å². The first-order valence-electron chi connectivity index (χ1n) is 10.3. The first-order chi connectivity index (χ1) is 14.7. The van der Waals surface area contributed by atoms with Crippen LogP contribution in [0.5, 0.6) is 11.5 Å². The van der Waals surface area contributed by atoms with E-state index in [2.05, 4.69) is 56.9 Å². The molecule has 2 aromatic carbocycles. The molecule has 2 aromatic rings. The number of thioether (sulfide) groups is 1. The molecule has 2 N–H and O–H groups in total. The van der Waals surface area contributed by atoms with E-state index in [9.17, 15) is 0 Å². The van der Waals surface area contributed by atoms with Crippen LogP contribution in [0, 0.1) is 0 Å². The summed E-state index contributed by atoms with van der Waals surface area (Å²) >= 11 is 1.85. The van der Waals surface area contributed by atoms with Gasteiger partial charge in [-0.3, -0.25) is 4.99 Å². The van der Waals surface area contributed by atoms with Crippen molar-refractivity contribution in [2.45, 2.75) is 23.8 Å². The summed E-state index contributed by atoms with van der Waals surface area (Å²) in [7, 11) is 5.20. The normalized spacial score (nSPS) is 14.5. The number of hydrogen-bond donors (Lipinski definition) is 2. The maximum Gasteiger partial charge on any atom is 0.191 e. The first kappa shape index (κ1) is 25.5. The van der Waals surface area contributed by atoms with Gasteiger partial charge < -0.3 is 25.0 Å². The number of hydrogen-bond acceptors (Lipinski definition) is 5. The molecule has 8 heteroatoms. The summed E-state index contributed by atoms with van der Waals surface area (Å²) in [5, 5.41) is 7.01. The molecular weight excluding hydrogens is 523 g/mol. The Hall–Kier alpha value is -1.81. The Morgan fingerprint density at radius 2 is 1.71 bits per heavy atom. The summed E-state index contributed by atoms with van der Waals surface area (Å²) in [5.74, 6) is 3.52.